The van der Waals surface area contributed by atoms with Crippen LogP contribution in [-0.2, 0) is 10.1 Å². The summed E-state index contributed by atoms with van der Waals surface area (Å²) in [6.07, 6.45) is 1.35. The summed E-state index contributed by atoms with van der Waals surface area (Å²) in [5.41, 5.74) is 2.91. The highest BCUT2D eigenvalue weighted by molar-refractivity contribution is 9.08. The minimum atomic E-state index is 0.246. The molecule has 0 aliphatic carbocycles. The Labute approximate surface area is 123 Å². The Bertz CT molecular complexity index is 484. The first kappa shape index (κ1) is 14.4. The number of rotatable bonds is 3. The molecule has 1 fully saturated rings. The van der Waals surface area contributed by atoms with Gasteiger partial charge in [0.1, 0.15) is 6.07 Å². The van der Waals surface area contributed by atoms with E-state index in [-0.39, 0.29) is 6.10 Å². The Morgan fingerprint density at radius 2 is 2.32 bits per heavy atom. The number of nitriles is 1. The summed E-state index contributed by atoms with van der Waals surface area (Å²) < 4.78 is 5.54. The lowest BCUT2D eigenvalue weighted by Gasteiger charge is -2.38. The molecule has 1 heterocycles. The van der Waals surface area contributed by atoms with Gasteiger partial charge in [-0.15, -0.1) is 0 Å². The average molecular weight is 323 g/mol. The topological polar surface area (TPSA) is 36.3 Å². The molecule has 0 spiro atoms. The van der Waals surface area contributed by atoms with Gasteiger partial charge in [0.15, 0.2) is 0 Å². The molecule has 4 heteroatoms. The highest BCUT2D eigenvalue weighted by Crippen LogP contribution is 2.28. The van der Waals surface area contributed by atoms with Crippen molar-refractivity contribution in [2.75, 3.05) is 25.1 Å². The van der Waals surface area contributed by atoms with Gasteiger partial charge in [-0.2, -0.15) is 5.26 Å². The molecule has 0 N–H and O–H groups in total. The van der Waals surface area contributed by atoms with Crippen molar-refractivity contribution < 1.29 is 4.74 Å². The van der Waals surface area contributed by atoms with Gasteiger partial charge in [-0.05, 0) is 30.0 Å². The fourth-order valence-corrected chi connectivity index (χ4v) is 2.94. The Balaban J connectivity index is 2.25. The van der Waals surface area contributed by atoms with Crippen LogP contribution in [0.25, 0.3) is 0 Å². The second-order valence-corrected chi connectivity index (χ2v) is 5.64. The summed E-state index contributed by atoms with van der Waals surface area (Å²) in [7, 11) is 1.77. The zero-order chi connectivity index (χ0) is 13.8. The third kappa shape index (κ3) is 3.10. The summed E-state index contributed by atoms with van der Waals surface area (Å²) in [6, 6.07) is 8.40. The summed E-state index contributed by atoms with van der Waals surface area (Å²) in [6.45, 7) is 4.08. The van der Waals surface area contributed by atoms with Crippen LogP contribution in [0, 0.1) is 17.2 Å². The van der Waals surface area contributed by atoms with Crippen molar-refractivity contribution in [3.63, 3.8) is 0 Å². The molecule has 2 rings (SSSR count). The van der Waals surface area contributed by atoms with Crippen LogP contribution in [0.4, 0.5) is 5.69 Å². The second-order valence-electron chi connectivity index (χ2n) is 5.08. The standard InChI is InChI=1S/C15H19BrN2O/c1-11-5-6-18(10-15(11)19-2)14-4-3-12(8-16)7-13(14)9-17/h3-4,7,11,15H,5-6,8,10H2,1-2H3. The van der Waals surface area contributed by atoms with Crippen molar-refractivity contribution in [3.05, 3.63) is 29.3 Å². The molecule has 0 saturated carbocycles. The van der Waals surface area contributed by atoms with E-state index in [1.807, 2.05) is 6.07 Å². The fourth-order valence-electron chi connectivity index (χ4n) is 2.59. The molecule has 2 atom stereocenters. The largest absolute Gasteiger partial charge is 0.379 e. The first-order valence-corrected chi connectivity index (χ1v) is 7.68. The number of methoxy groups -OCH3 is 1. The van der Waals surface area contributed by atoms with Crippen LogP contribution in [0.3, 0.4) is 0 Å². The molecule has 1 aliphatic heterocycles. The Morgan fingerprint density at radius 1 is 1.53 bits per heavy atom. The summed E-state index contributed by atoms with van der Waals surface area (Å²) in [5, 5.41) is 10.1. The van der Waals surface area contributed by atoms with Crippen molar-refractivity contribution in [2.45, 2.75) is 24.8 Å². The predicted molar refractivity (Wildman–Crippen MR) is 80.6 cm³/mol. The number of alkyl halides is 1. The van der Waals surface area contributed by atoms with Crippen LogP contribution in [0.2, 0.25) is 0 Å². The minimum Gasteiger partial charge on any atom is -0.379 e. The summed E-state index contributed by atoms with van der Waals surface area (Å²) in [4.78, 5) is 2.27. The molecule has 0 bridgehead atoms. The molecule has 0 amide bonds. The van der Waals surface area contributed by atoms with Crippen molar-refractivity contribution >= 4 is 21.6 Å². The minimum absolute atomic E-state index is 0.246. The number of halogens is 1. The highest BCUT2D eigenvalue weighted by atomic mass is 79.9. The van der Waals surface area contributed by atoms with Crippen LogP contribution in [0.5, 0.6) is 0 Å². The van der Waals surface area contributed by atoms with Gasteiger partial charge in [-0.25, -0.2) is 0 Å². The summed E-state index contributed by atoms with van der Waals surface area (Å²) in [5.74, 6) is 0.577. The molecule has 0 aromatic heterocycles. The molecule has 2 unspecified atom stereocenters. The van der Waals surface area contributed by atoms with Gasteiger partial charge in [0.2, 0.25) is 0 Å². The first-order chi connectivity index (χ1) is 9.19. The van der Waals surface area contributed by atoms with Gasteiger partial charge in [-0.3, -0.25) is 0 Å². The van der Waals surface area contributed by atoms with Crippen molar-refractivity contribution in [1.82, 2.24) is 0 Å². The smallest absolute Gasteiger partial charge is 0.101 e. The SMILES string of the molecule is COC1CN(c2ccc(CBr)cc2C#N)CCC1C. The number of piperidine rings is 1. The zero-order valence-electron chi connectivity index (χ0n) is 11.4. The Hall–Kier alpha value is -1.05. The van der Waals surface area contributed by atoms with Crippen LogP contribution in [-0.4, -0.2) is 26.3 Å². The number of nitrogens with zero attached hydrogens (tertiary/aromatic N) is 2. The van der Waals surface area contributed by atoms with Crippen molar-refractivity contribution in [1.29, 1.82) is 5.26 Å². The van der Waals surface area contributed by atoms with E-state index in [1.54, 1.807) is 7.11 Å². The van der Waals surface area contributed by atoms with Crippen LogP contribution >= 0.6 is 15.9 Å². The number of hydrogen-bond donors (Lipinski definition) is 0. The van der Waals surface area contributed by atoms with E-state index in [2.05, 4.69) is 46.0 Å². The molecular weight excluding hydrogens is 304 g/mol. The van der Waals surface area contributed by atoms with Gasteiger partial charge in [-0.1, -0.05) is 28.9 Å². The lowest BCUT2D eigenvalue weighted by Crippen LogP contribution is -2.44. The Kier molecular flexibility index (Phi) is 4.84. The van der Waals surface area contributed by atoms with E-state index in [4.69, 9.17) is 4.74 Å². The maximum Gasteiger partial charge on any atom is 0.101 e. The van der Waals surface area contributed by atoms with Crippen LogP contribution in [0.15, 0.2) is 18.2 Å². The third-order valence-electron chi connectivity index (χ3n) is 3.87. The number of hydrogen-bond acceptors (Lipinski definition) is 3. The van der Waals surface area contributed by atoms with E-state index in [0.29, 0.717) is 5.92 Å². The number of benzene rings is 1. The predicted octanol–water partition coefficient (Wildman–Crippen LogP) is 3.31. The maximum absolute atomic E-state index is 9.32. The van der Waals surface area contributed by atoms with Crippen LogP contribution < -0.4 is 4.90 Å². The summed E-state index contributed by atoms with van der Waals surface area (Å²) >= 11 is 3.43. The highest BCUT2D eigenvalue weighted by Gasteiger charge is 2.27. The maximum atomic E-state index is 9.32. The van der Waals surface area contributed by atoms with Crippen molar-refractivity contribution in [2.24, 2.45) is 5.92 Å². The monoisotopic (exact) mass is 322 g/mol. The number of ether oxygens (including phenoxy) is 1. The van der Waals surface area contributed by atoms with E-state index < -0.39 is 0 Å². The molecule has 3 nitrogen and oxygen atoms in total. The molecule has 102 valence electrons. The molecular formula is C15H19BrN2O. The normalized spacial score (nSPS) is 23.2. The molecule has 0 radical (unpaired) electrons. The molecule has 1 aromatic carbocycles. The van der Waals surface area contributed by atoms with Gasteiger partial charge in [0.05, 0.1) is 17.4 Å². The zero-order valence-corrected chi connectivity index (χ0v) is 13.0. The number of anilines is 1. The molecule has 1 saturated heterocycles. The van der Waals surface area contributed by atoms with Crippen molar-refractivity contribution in [3.8, 4) is 6.07 Å². The molecule has 19 heavy (non-hydrogen) atoms. The molecule has 1 aliphatic rings. The second kappa shape index (κ2) is 6.40. The lowest BCUT2D eigenvalue weighted by atomic mass is 9.94. The lowest BCUT2D eigenvalue weighted by molar-refractivity contribution is 0.0498. The van der Waals surface area contributed by atoms with Gasteiger partial charge in [0, 0.05) is 25.5 Å². The van der Waals surface area contributed by atoms with E-state index in [0.717, 1.165) is 41.7 Å². The van der Waals surface area contributed by atoms with E-state index in [9.17, 15) is 5.26 Å². The van der Waals surface area contributed by atoms with Crippen LogP contribution in [0.1, 0.15) is 24.5 Å². The van der Waals surface area contributed by atoms with Gasteiger partial charge >= 0.3 is 0 Å². The average Bonchev–Trinajstić information content (AvgIpc) is 2.47. The quantitative estimate of drug-likeness (QED) is 0.801. The third-order valence-corrected chi connectivity index (χ3v) is 4.52. The van der Waals surface area contributed by atoms with Gasteiger partial charge in [0.25, 0.3) is 0 Å². The van der Waals surface area contributed by atoms with Gasteiger partial charge < -0.3 is 9.64 Å². The van der Waals surface area contributed by atoms with E-state index in [1.165, 1.54) is 0 Å². The Morgan fingerprint density at radius 3 is 2.95 bits per heavy atom. The van der Waals surface area contributed by atoms with E-state index >= 15 is 0 Å². The first-order valence-electron chi connectivity index (χ1n) is 6.56. The molecule has 1 aromatic rings. The fraction of sp³-hybridized carbons (Fsp3) is 0.533.